The Balaban J connectivity index is 2.02. The van der Waals surface area contributed by atoms with Gasteiger partial charge in [-0.15, -0.1) is 0 Å². The zero-order chi connectivity index (χ0) is 18.1. The number of halogens is 4. The fraction of sp³-hybridized carbons (Fsp3) is 0.333. The van der Waals surface area contributed by atoms with Gasteiger partial charge in [0.2, 0.25) is 0 Å². The summed E-state index contributed by atoms with van der Waals surface area (Å²) in [5, 5.41) is 14.7. The third-order valence-electron chi connectivity index (χ3n) is 4.28. The Morgan fingerprint density at radius 2 is 1.68 bits per heavy atom. The van der Waals surface area contributed by atoms with Crippen LogP contribution in [0.4, 0.5) is 13.2 Å². The van der Waals surface area contributed by atoms with Crippen LogP contribution < -0.4 is 5.32 Å². The van der Waals surface area contributed by atoms with Gasteiger partial charge >= 0.3 is 6.18 Å². The molecule has 0 unspecified atom stereocenters. The Kier molecular flexibility index (Phi) is 5.34. The largest absolute Gasteiger partial charge is 0.416 e. The van der Waals surface area contributed by atoms with Crippen molar-refractivity contribution in [1.29, 1.82) is 0 Å². The second kappa shape index (κ2) is 7.19. The first-order chi connectivity index (χ1) is 11.8. The first-order valence-electron chi connectivity index (χ1n) is 7.86. The van der Waals surface area contributed by atoms with Crippen molar-refractivity contribution in [3.05, 3.63) is 58.6 Å². The smallest absolute Gasteiger partial charge is 0.385 e. The van der Waals surface area contributed by atoms with Crippen molar-refractivity contribution >= 4 is 23.4 Å². The van der Waals surface area contributed by atoms with Crippen molar-refractivity contribution in [2.45, 2.75) is 34.4 Å². The highest BCUT2D eigenvalue weighted by molar-refractivity contribution is 7.99. The Morgan fingerprint density at radius 3 is 2.28 bits per heavy atom. The summed E-state index contributed by atoms with van der Waals surface area (Å²) in [6, 6.07) is 10.7. The lowest BCUT2D eigenvalue weighted by Crippen LogP contribution is -2.40. The molecule has 2 aromatic rings. The van der Waals surface area contributed by atoms with E-state index >= 15 is 0 Å². The Hall–Kier alpha value is -1.21. The van der Waals surface area contributed by atoms with Crippen molar-refractivity contribution in [2.75, 3.05) is 13.1 Å². The fourth-order valence-corrected chi connectivity index (χ4v) is 4.05. The molecule has 1 saturated heterocycles. The zero-order valence-corrected chi connectivity index (χ0v) is 14.8. The van der Waals surface area contributed by atoms with Gasteiger partial charge in [0.25, 0.3) is 0 Å². The predicted molar refractivity (Wildman–Crippen MR) is 93.0 cm³/mol. The number of alkyl halides is 3. The average Bonchev–Trinajstić information content (AvgIpc) is 2.57. The molecule has 0 radical (unpaired) electrons. The van der Waals surface area contributed by atoms with Gasteiger partial charge in [-0.3, -0.25) is 0 Å². The summed E-state index contributed by atoms with van der Waals surface area (Å²) < 4.78 is 39.4. The van der Waals surface area contributed by atoms with Gasteiger partial charge < -0.3 is 10.4 Å². The molecule has 0 saturated carbocycles. The average molecular weight is 388 g/mol. The molecule has 134 valence electrons. The first kappa shape index (κ1) is 18.6. The second-order valence-corrected chi connectivity index (χ2v) is 7.60. The Morgan fingerprint density at radius 1 is 1.04 bits per heavy atom. The van der Waals surface area contributed by atoms with Crippen LogP contribution in [-0.2, 0) is 11.8 Å². The summed E-state index contributed by atoms with van der Waals surface area (Å²) in [6.45, 7) is 1.13. The maximum absolute atomic E-state index is 13.1. The molecule has 2 aromatic carbocycles. The summed E-state index contributed by atoms with van der Waals surface area (Å²) in [4.78, 5) is 1.47. The summed E-state index contributed by atoms with van der Waals surface area (Å²) in [6.07, 6.45) is -3.69. The SMILES string of the molecule is OC1(c2cc(C(F)(F)F)ccc2Sc2ccc(Cl)cc2)CCNCC1. The van der Waals surface area contributed by atoms with E-state index in [0.29, 0.717) is 41.4 Å². The van der Waals surface area contributed by atoms with Gasteiger partial charge in [-0.1, -0.05) is 23.4 Å². The minimum absolute atomic E-state index is 0.337. The highest BCUT2D eigenvalue weighted by atomic mass is 35.5. The van der Waals surface area contributed by atoms with E-state index in [0.717, 1.165) is 17.0 Å². The number of piperidine rings is 1. The normalized spacial score (nSPS) is 17.5. The van der Waals surface area contributed by atoms with E-state index in [4.69, 9.17) is 11.6 Å². The van der Waals surface area contributed by atoms with Gasteiger partial charge in [0, 0.05) is 14.8 Å². The van der Waals surface area contributed by atoms with Crippen LogP contribution in [0, 0.1) is 0 Å². The van der Waals surface area contributed by atoms with E-state index in [1.54, 1.807) is 24.3 Å². The van der Waals surface area contributed by atoms with E-state index in [2.05, 4.69) is 5.32 Å². The lowest BCUT2D eigenvalue weighted by molar-refractivity contribution is -0.137. The van der Waals surface area contributed by atoms with Crippen molar-refractivity contribution in [2.24, 2.45) is 0 Å². The molecular formula is C18H17ClF3NOS. The monoisotopic (exact) mass is 387 g/mol. The highest BCUT2D eigenvalue weighted by Gasteiger charge is 2.37. The fourth-order valence-electron chi connectivity index (χ4n) is 2.90. The molecule has 0 spiro atoms. The van der Waals surface area contributed by atoms with Crippen molar-refractivity contribution in [3.63, 3.8) is 0 Å². The van der Waals surface area contributed by atoms with E-state index in [1.807, 2.05) is 0 Å². The molecule has 25 heavy (non-hydrogen) atoms. The number of benzene rings is 2. The van der Waals surface area contributed by atoms with Gasteiger partial charge in [0.05, 0.1) is 11.2 Å². The lowest BCUT2D eigenvalue weighted by atomic mass is 9.84. The third kappa shape index (κ3) is 4.31. The van der Waals surface area contributed by atoms with Crippen LogP contribution in [0.2, 0.25) is 5.02 Å². The summed E-state index contributed by atoms with van der Waals surface area (Å²) in [7, 11) is 0. The lowest BCUT2D eigenvalue weighted by Gasteiger charge is -2.34. The zero-order valence-electron chi connectivity index (χ0n) is 13.2. The molecule has 0 amide bonds. The van der Waals surface area contributed by atoms with Gasteiger partial charge in [-0.05, 0) is 74.0 Å². The van der Waals surface area contributed by atoms with Crippen LogP contribution in [0.25, 0.3) is 0 Å². The van der Waals surface area contributed by atoms with Crippen molar-refractivity contribution in [3.8, 4) is 0 Å². The van der Waals surface area contributed by atoms with Crippen molar-refractivity contribution in [1.82, 2.24) is 5.32 Å². The number of aliphatic hydroxyl groups is 1. The van der Waals surface area contributed by atoms with Crippen LogP contribution in [0.15, 0.2) is 52.3 Å². The maximum Gasteiger partial charge on any atom is 0.416 e. The summed E-state index contributed by atoms with van der Waals surface area (Å²) in [5.74, 6) is 0. The molecule has 0 aliphatic carbocycles. The van der Waals surface area contributed by atoms with Gasteiger partial charge in [0.15, 0.2) is 0 Å². The molecular weight excluding hydrogens is 371 g/mol. The number of nitrogens with one attached hydrogen (secondary N) is 1. The Labute approximate surface area is 153 Å². The van der Waals surface area contributed by atoms with Gasteiger partial charge in [0.1, 0.15) is 0 Å². The molecule has 0 bridgehead atoms. The number of hydrogen-bond acceptors (Lipinski definition) is 3. The molecule has 1 fully saturated rings. The van der Waals surface area contributed by atoms with E-state index in [9.17, 15) is 18.3 Å². The van der Waals surface area contributed by atoms with Crippen LogP contribution in [0.3, 0.4) is 0 Å². The predicted octanol–water partition coefficient (Wildman–Crippen LogP) is 5.08. The molecule has 1 aliphatic heterocycles. The van der Waals surface area contributed by atoms with E-state index < -0.39 is 17.3 Å². The number of rotatable bonds is 3. The molecule has 1 aliphatic rings. The minimum atomic E-state index is -4.44. The Bertz CT molecular complexity index is 743. The highest BCUT2D eigenvalue weighted by Crippen LogP contribution is 2.42. The molecule has 0 atom stereocenters. The topological polar surface area (TPSA) is 32.3 Å². The number of hydrogen-bond donors (Lipinski definition) is 2. The second-order valence-electron chi connectivity index (χ2n) is 6.05. The molecule has 2 N–H and O–H groups in total. The summed E-state index contributed by atoms with van der Waals surface area (Å²) in [5.41, 5.74) is -1.67. The van der Waals surface area contributed by atoms with E-state index in [1.165, 1.54) is 17.8 Å². The third-order valence-corrected chi connectivity index (χ3v) is 5.62. The summed E-state index contributed by atoms with van der Waals surface area (Å²) >= 11 is 7.21. The molecule has 1 heterocycles. The van der Waals surface area contributed by atoms with Gasteiger partial charge in [-0.2, -0.15) is 13.2 Å². The van der Waals surface area contributed by atoms with Crippen molar-refractivity contribution < 1.29 is 18.3 Å². The maximum atomic E-state index is 13.1. The van der Waals surface area contributed by atoms with Gasteiger partial charge in [-0.25, -0.2) is 0 Å². The molecule has 3 rings (SSSR count). The quantitative estimate of drug-likeness (QED) is 0.770. The van der Waals surface area contributed by atoms with Crippen LogP contribution in [-0.4, -0.2) is 18.2 Å². The van der Waals surface area contributed by atoms with Crippen LogP contribution in [0.5, 0.6) is 0 Å². The molecule has 2 nitrogen and oxygen atoms in total. The standard InChI is InChI=1S/C18H17ClF3NOS/c19-13-2-4-14(5-3-13)25-16-6-1-12(18(20,21)22)11-15(16)17(24)7-9-23-10-8-17/h1-6,11,23-24H,7-10H2. The molecule has 7 heteroatoms. The van der Waals surface area contributed by atoms with E-state index in [-0.39, 0.29) is 0 Å². The minimum Gasteiger partial charge on any atom is -0.385 e. The molecule has 0 aromatic heterocycles. The first-order valence-corrected chi connectivity index (χ1v) is 9.06. The van der Waals surface area contributed by atoms with Crippen LogP contribution >= 0.6 is 23.4 Å². The van der Waals surface area contributed by atoms with Crippen LogP contribution in [0.1, 0.15) is 24.0 Å².